The average molecular weight is 382 g/mol. The molecule has 0 bridgehead atoms. The molecule has 2 aromatic rings. The molecule has 1 aromatic heterocycles. The van der Waals surface area contributed by atoms with Crippen LogP contribution in [0.25, 0.3) is 0 Å². The molecule has 2 amide bonds. The molecule has 0 radical (unpaired) electrons. The topological polar surface area (TPSA) is 83.4 Å². The number of nitrogens with one attached hydrogen (secondary N) is 2. The van der Waals surface area contributed by atoms with Crippen molar-refractivity contribution in [2.45, 2.75) is 32.4 Å². The van der Waals surface area contributed by atoms with Gasteiger partial charge < -0.3 is 20.1 Å². The molecule has 1 aromatic carbocycles. The smallest absolute Gasteiger partial charge is 0.313 e. The third kappa shape index (κ3) is 5.29. The molecule has 0 spiro atoms. The van der Waals surface area contributed by atoms with E-state index in [4.69, 9.17) is 0 Å². The minimum absolute atomic E-state index is 0.0878. The Balaban J connectivity index is 1.57. The molecule has 1 saturated carbocycles. The van der Waals surface area contributed by atoms with Crippen LogP contribution in [-0.2, 0) is 16.1 Å². The second-order valence-corrected chi connectivity index (χ2v) is 7.26. The summed E-state index contributed by atoms with van der Waals surface area (Å²) in [4.78, 5) is 38.9. The molecule has 1 fully saturated rings. The first kappa shape index (κ1) is 19.8. The van der Waals surface area contributed by atoms with Gasteiger partial charge in [0.1, 0.15) is 5.69 Å². The van der Waals surface area contributed by atoms with E-state index in [0.717, 1.165) is 11.1 Å². The van der Waals surface area contributed by atoms with Crippen molar-refractivity contribution in [2.24, 2.45) is 0 Å². The summed E-state index contributed by atoms with van der Waals surface area (Å²) in [6.45, 7) is 3.48. The molecule has 3 rings (SSSR count). The fourth-order valence-corrected chi connectivity index (χ4v) is 2.95. The van der Waals surface area contributed by atoms with E-state index in [0.29, 0.717) is 25.7 Å². The van der Waals surface area contributed by atoms with Gasteiger partial charge in [-0.1, -0.05) is 29.8 Å². The van der Waals surface area contributed by atoms with Crippen molar-refractivity contribution in [1.82, 2.24) is 14.8 Å². The standard InChI is InChI=1S/C21H26N4O3/c1-15-5-7-16(8-6-15)14-25-12-3-4-18(21(25)28)23-20(27)19(26)22-11-13-24(2)17-9-10-17/h3-8,12,17H,9-11,13-14H2,1-2H3,(H,22,26)(H,23,27). The molecule has 0 aliphatic heterocycles. The minimum Gasteiger partial charge on any atom is -0.347 e. The number of nitrogens with zero attached hydrogens (tertiary/aromatic N) is 2. The summed E-state index contributed by atoms with van der Waals surface area (Å²) in [5.41, 5.74) is 1.86. The number of amides is 2. The summed E-state index contributed by atoms with van der Waals surface area (Å²) in [5, 5.41) is 5.01. The number of hydrogen-bond donors (Lipinski definition) is 2. The molecule has 1 aliphatic carbocycles. The molecular weight excluding hydrogens is 356 g/mol. The Morgan fingerprint density at radius 3 is 2.54 bits per heavy atom. The fourth-order valence-electron chi connectivity index (χ4n) is 2.95. The van der Waals surface area contributed by atoms with Crippen molar-refractivity contribution in [1.29, 1.82) is 0 Å². The van der Waals surface area contributed by atoms with E-state index < -0.39 is 11.8 Å². The number of benzene rings is 1. The van der Waals surface area contributed by atoms with Crippen molar-refractivity contribution < 1.29 is 9.59 Å². The first-order valence-corrected chi connectivity index (χ1v) is 9.48. The van der Waals surface area contributed by atoms with E-state index in [1.165, 1.54) is 23.5 Å². The van der Waals surface area contributed by atoms with Gasteiger partial charge in [-0.25, -0.2) is 0 Å². The summed E-state index contributed by atoms with van der Waals surface area (Å²) < 4.78 is 1.50. The molecule has 1 heterocycles. The summed E-state index contributed by atoms with van der Waals surface area (Å²) in [6.07, 6.45) is 4.03. The normalized spacial score (nSPS) is 13.4. The Morgan fingerprint density at radius 2 is 1.86 bits per heavy atom. The number of likely N-dealkylation sites (N-methyl/N-ethyl adjacent to an activating group) is 1. The lowest BCUT2D eigenvalue weighted by Gasteiger charge is -2.15. The zero-order valence-electron chi connectivity index (χ0n) is 16.3. The van der Waals surface area contributed by atoms with Crippen LogP contribution in [0.15, 0.2) is 47.4 Å². The number of rotatable bonds is 7. The van der Waals surface area contributed by atoms with Gasteiger partial charge in [0.25, 0.3) is 5.56 Å². The number of aryl methyl sites for hydroxylation is 1. The van der Waals surface area contributed by atoms with Gasteiger partial charge in [0.2, 0.25) is 0 Å². The summed E-state index contributed by atoms with van der Waals surface area (Å²) in [6, 6.07) is 11.7. The number of carbonyl (C=O) groups is 2. The number of aromatic nitrogens is 1. The van der Waals surface area contributed by atoms with Crippen LogP contribution in [0, 0.1) is 6.92 Å². The number of hydrogen-bond acceptors (Lipinski definition) is 4. The highest BCUT2D eigenvalue weighted by molar-refractivity contribution is 6.39. The largest absolute Gasteiger partial charge is 0.347 e. The third-order valence-corrected chi connectivity index (χ3v) is 4.87. The Kier molecular flexibility index (Phi) is 6.26. The zero-order chi connectivity index (χ0) is 20.1. The van der Waals surface area contributed by atoms with E-state index in [1.54, 1.807) is 12.3 Å². The first-order valence-electron chi connectivity index (χ1n) is 9.48. The zero-order valence-corrected chi connectivity index (χ0v) is 16.3. The first-order chi connectivity index (χ1) is 13.4. The van der Waals surface area contributed by atoms with Gasteiger partial charge in [-0.2, -0.15) is 0 Å². The molecule has 7 nitrogen and oxygen atoms in total. The molecule has 0 unspecified atom stereocenters. The van der Waals surface area contributed by atoms with E-state index in [9.17, 15) is 14.4 Å². The van der Waals surface area contributed by atoms with Crippen molar-refractivity contribution >= 4 is 17.5 Å². The van der Waals surface area contributed by atoms with Crippen LogP contribution < -0.4 is 16.2 Å². The summed E-state index contributed by atoms with van der Waals surface area (Å²) >= 11 is 0. The molecule has 28 heavy (non-hydrogen) atoms. The van der Waals surface area contributed by atoms with Crippen LogP contribution in [0.2, 0.25) is 0 Å². The Labute approximate surface area is 164 Å². The second kappa shape index (κ2) is 8.84. The Bertz CT molecular complexity index is 901. The van der Waals surface area contributed by atoms with Crippen molar-refractivity contribution in [3.8, 4) is 0 Å². The number of anilines is 1. The maximum atomic E-state index is 12.6. The average Bonchev–Trinajstić information content (AvgIpc) is 3.52. The highest BCUT2D eigenvalue weighted by atomic mass is 16.2. The van der Waals surface area contributed by atoms with E-state index in [-0.39, 0.29) is 11.2 Å². The lowest BCUT2D eigenvalue weighted by atomic mass is 10.1. The van der Waals surface area contributed by atoms with Crippen molar-refractivity contribution in [3.63, 3.8) is 0 Å². The molecule has 148 valence electrons. The van der Waals surface area contributed by atoms with Crippen LogP contribution in [0.4, 0.5) is 5.69 Å². The van der Waals surface area contributed by atoms with Crippen LogP contribution in [-0.4, -0.2) is 47.5 Å². The van der Waals surface area contributed by atoms with Crippen LogP contribution in [0.5, 0.6) is 0 Å². The molecule has 2 N–H and O–H groups in total. The Hall–Kier alpha value is -2.93. The van der Waals surface area contributed by atoms with Gasteiger partial charge in [0.15, 0.2) is 0 Å². The predicted molar refractivity (Wildman–Crippen MR) is 108 cm³/mol. The van der Waals surface area contributed by atoms with Crippen LogP contribution >= 0.6 is 0 Å². The molecular formula is C21H26N4O3. The highest BCUT2D eigenvalue weighted by Gasteiger charge is 2.25. The predicted octanol–water partition coefficient (Wildman–Crippen LogP) is 1.35. The maximum absolute atomic E-state index is 12.6. The maximum Gasteiger partial charge on any atom is 0.313 e. The quantitative estimate of drug-likeness (QED) is 0.708. The molecule has 0 atom stereocenters. The van der Waals surface area contributed by atoms with Gasteiger partial charge in [-0.3, -0.25) is 14.4 Å². The number of pyridine rings is 1. The van der Waals surface area contributed by atoms with Gasteiger partial charge in [0.05, 0.1) is 6.54 Å². The van der Waals surface area contributed by atoms with Crippen LogP contribution in [0.3, 0.4) is 0 Å². The molecule has 1 aliphatic rings. The van der Waals surface area contributed by atoms with Gasteiger partial charge in [-0.05, 0) is 44.5 Å². The van der Waals surface area contributed by atoms with Crippen molar-refractivity contribution in [3.05, 3.63) is 64.1 Å². The van der Waals surface area contributed by atoms with Gasteiger partial charge >= 0.3 is 11.8 Å². The van der Waals surface area contributed by atoms with E-state index in [1.807, 2.05) is 38.2 Å². The lowest BCUT2D eigenvalue weighted by molar-refractivity contribution is -0.136. The lowest BCUT2D eigenvalue weighted by Crippen LogP contribution is -2.40. The monoisotopic (exact) mass is 382 g/mol. The minimum atomic E-state index is -0.834. The van der Waals surface area contributed by atoms with E-state index in [2.05, 4.69) is 15.5 Å². The summed E-state index contributed by atoms with van der Waals surface area (Å²) in [5.74, 6) is -1.57. The molecule has 0 saturated heterocycles. The third-order valence-electron chi connectivity index (χ3n) is 4.87. The highest BCUT2D eigenvalue weighted by Crippen LogP contribution is 2.24. The van der Waals surface area contributed by atoms with E-state index >= 15 is 0 Å². The summed E-state index contributed by atoms with van der Waals surface area (Å²) in [7, 11) is 2.00. The Morgan fingerprint density at radius 1 is 1.14 bits per heavy atom. The number of carbonyl (C=O) groups excluding carboxylic acids is 2. The SMILES string of the molecule is Cc1ccc(Cn2cccc(NC(=O)C(=O)NCCN(C)C3CC3)c2=O)cc1. The second-order valence-electron chi connectivity index (χ2n) is 7.26. The fraction of sp³-hybridized carbons (Fsp3) is 0.381. The van der Waals surface area contributed by atoms with Gasteiger partial charge in [0, 0.05) is 25.3 Å². The van der Waals surface area contributed by atoms with Crippen LogP contribution in [0.1, 0.15) is 24.0 Å². The molecule has 7 heteroatoms. The van der Waals surface area contributed by atoms with Crippen molar-refractivity contribution in [2.75, 3.05) is 25.5 Å². The van der Waals surface area contributed by atoms with Gasteiger partial charge in [-0.15, -0.1) is 0 Å².